The van der Waals surface area contributed by atoms with Crippen LogP contribution < -0.4 is 0 Å². The average Bonchev–Trinajstić information content (AvgIpc) is 3.08. The molecule has 5 nitrogen and oxygen atoms in total. The Labute approximate surface area is 119 Å². The van der Waals surface area contributed by atoms with E-state index in [1.54, 1.807) is 6.07 Å². The lowest BCUT2D eigenvalue weighted by molar-refractivity contribution is -0.0334. The molecule has 20 heavy (non-hydrogen) atoms. The topological polar surface area (TPSA) is 45.9 Å². The fourth-order valence-electron chi connectivity index (χ4n) is 2.75. The van der Waals surface area contributed by atoms with Gasteiger partial charge in [0.1, 0.15) is 6.26 Å². The number of hydrogen-bond acceptors (Lipinski definition) is 4. The molecule has 0 bridgehead atoms. The van der Waals surface area contributed by atoms with Gasteiger partial charge in [0, 0.05) is 26.2 Å². The fraction of sp³-hybridized carbons (Fsp3) is 0.667. The number of ether oxygens (including phenoxy) is 1. The van der Waals surface area contributed by atoms with Gasteiger partial charge in [-0.05, 0) is 31.9 Å². The molecule has 2 aliphatic rings. The van der Waals surface area contributed by atoms with Crippen LogP contribution >= 0.6 is 0 Å². The quantitative estimate of drug-likeness (QED) is 0.818. The third kappa shape index (κ3) is 3.41. The zero-order valence-corrected chi connectivity index (χ0v) is 12.0. The molecule has 0 radical (unpaired) electrons. The van der Waals surface area contributed by atoms with E-state index in [1.807, 2.05) is 4.90 Å². The van der Waals surface area contributed by atoms with E-state index in [1.165, 1.54) is 25.4 Å². The highest BCUT2D eigenvalue weighted by Gasteiger charge is 2.28. The zero-order valence-electron chi connectivity index (χ0n) is 12.0. The van der Waals surface area contributed by atoms with Gasteiger partial charge in [-0.3, -0.25) is 4.79 Å². The smallest absolute Gasteiger partial charge is 0.257 e. The zero-order chi connectivity index (χ0) is 13.9. The van der Waals surface area contributed by atoms with Gasteiger partial charge in [-0.1, -0.05) is 0 Å². The lowest BCUT2D eigenvalue weighted by atomic mass is 10.2. The van der Waals surface area contributed by atoms with Crippen LogP contribution in [0.5, 0.6) is 0 Å². The summed E-state index contributed by atoms with van der Waals surface area (Å²) < 4.78 is 10.8. The van der Waals surface area contributed by atoms with Gasteiger partial charge in [-0.25, -0.2) is 0 Å². The molecule has 2 fully saturated rings. The van der Waals surface area contributed by atoms with Crippen LogP contribution in [0.4, 0.5) is 0 Å². The van der Waals surface area contributed by atoms with E-state index in [9.17, 15) is 4.79 Å². The van der Waals surface area contributed by atoms with Crippen LogP contribution in [0.3, 0.4) is 0 Å². The molecular formula is C15H22N2O3. The molecule has 5 heteroatoms. The maximum Gasteiger partial charge on any atom is 0.257 e. The van der Waals surface area contributed by atoms with E-state index >= 15 is 0 Å². The number of amides is 1. The summed E-state index contributed by atoms with van der Waals surface area (Å²) in [5.74, 6) is 0.921. The first-order chi connectivity index (χ1) is 9.72. The molecule has 1 atom stereocenters. The van der Waals surface area contributed by atoms with Crippen LogP contribution in [0.2, 0.25) is 0 Å². The molecule has 1 saturated heterocycles. The summed E-state index contributed by atoms with van der Waals surface area (Å²) in [7, 11) is 2.14. The maximum atomic E-state index is 12.3. The summed E-state index contributed by atoms with van der Waals surface area (Å²) in [6.07, 6.45) is 5.88. The molecule has 1 aliphatic carbocycles. The summed E-state index contributed by atoms with van der Waals surface area (Å²) >= 11 is 0. The average molecular weight is 278 g/mol. The van der Waals surface area contributed by atoms with Gasteiger partial charge in [0.25, 0.3) is 5.91 Å². The number of carbonyl (C=O) groups is 1. The lowest BCUT2D eigenvalue weighted by Crippen LogP contribution is -2.49. The van der Waals surface area contributed by atoms with Crippen molar-refractivity contribution >= 4 is 5.91 Å². The second kappa shape index (κ2) is 5.97. The molecule has 0 spiro atoms. The molecule has 110 valence electrons. The number of likely N-dealkylation sites (N-methyl/N-ethyl adjacent to an activating group) is 1. The molecule has 1 amide bonds. The van der Waals surface area contributed by atoms with E-state index < -0.39 is 0 Å². The molecule has 1 aliphatic heterocycles. The number of carbonyl (C=O) groups excluding carboxylic acids is 1. The van der Waals surface area contributed by atoms with Crippen molar-refractivity contribution in [2.75, 3.05) is 39.8 Å². The minimum absolute atomic E-state index is 0.0388. The first-order valence-electron chi connectivity index (χ1n) is 7.34. The standard InChI is InChI=1S/C15H22N2O3/c1-16(8-12-2-3-12)9-14-10-17(5-7-20-14)15(18)13-4-6-19-11-13/h4,6,11-12,14H,2-3,5,7-10H2,1H3/t14-/m1/s1. The number of hydrogen-bond donors (Lipinski definition) is 0. The summed E-state index contributed by atoms with van der Waals surface area (Å²) in [6, 6.07) is 1.71. The number of morpholine rings is 1. The first kappa shape index (κ1) is 13.6. The van der Waals surface area contributed by atoms with Gasteiger partial charge >= 0.3 is 0 Å². The Bertz CT molecular complexity index is 442. The number of furan rings is 1. The molecule has 3 rings (SSSR count). The molecular weight excluding hydrogens is 256 g/mol. The van der Waals surface area contributed by atoms with Crippen molar-refractivity contribution in [1.29, 1.82) is 0 Å². The van der Waals surface area contributed by atoms with Gasteiger partial charge in [0.05, 0.1) is 24.5 Å². The van der Waals surface area contributed by atoms with Gasteiger partial charge in [0.2, 0.25) is 0 Å². The summed E-state index contributed by atoms with van der Waals surface area (Å²) in [5.41, 5.74) is 0.622. The maximum absolute atomic E-state index is 12.3. The predicted octanol–water partition coefficient (Wildman–Crippen LogP) is 1.46. The van der Waals surface area contributed by atoms with Crippen LogP contribution in [-0.2, 0) is 4.74 Å². The molecule has 0 unspecified atom stereocenters. The van der Waals surface area contributed by atoms with Crippen molar-refractivity contribution < 1.29 is 13.9 Å². The Balaban J connectivity index is 1.51. The Morgan fingerprint density at radius 1 is 1.45 bits per heavy atom. The minimum atomic E-state index is 0.0388. The monoisotopic (exact) mass is 278 g/mol. The van der Waals surface area contributed by atoms with Crippen molar-refractivity contribution in [2.24, 2.45) is 5.92 Å². The van der Waals surface area contributed by atoms with Crippen molar-refractivity contribution in [3.05, 3.63) is 24.2 Å². The fourth-order valence-corrected chi connectivity index (χ4v) is 2.75. The van der Waals surface area contributed by atoms with E-state index in [0.29, 0.717) is 25.3 Å². The van der Waals surface area contributed by atoms with E-state index in [0.717, 1.165) is 19.0 Å². The molecule has 0 aromatic carbocycles. The van der Waals surface area contributed by atoms with Crippen LogP contribution in [0.25, 0.3) is 0 Å². The van der Waals surface area contributed by atoms with Gasteiger partial charge < -0.3 is 19.0 Å². The Morgan fingerprint density at radius 2 is 2.30 bits per heavy atom. The predicted molar refractivity (Wildman–Crippen MR) is 74.6 cm³/mol. The van der Waals surface area contributed by atoms with Crippen LogP contribution in [-0.4, -0.2) is 61.6 Å². The summed E-state index contributed by atoms with van der Waals surface area (Å²) in [6.45, 7) is 3.98. The largest absolute Gasteiger partial charge is 0.472 e. The van der Waals surface area contributed by atoms with Crippen molar-refractivity contribution in [3.63, 3.8) is 0 Å². The molecule has 0 N–H and O–H groups in total. The minimum Gasteiger partial charge on any atom is -0.472 e. The summed E-state index contributed by atoms with van der Waals surface area (Å²) in [5, 5.41) is 0. The molecule has 1 aromatic heterocycles. The molecule has 1 aromatic rings. The highest BCUT2D eigenvalue weighted by Crippen LogP contribution is 2.29. The lowest BCUT2D eigenvalue weighted by Gasteiger charge is -2.34. The molecule has 1 saturated carbocycles. The first-order valence-corrected chi connectivity index (χ1v) is 7.34. The van der Waals surface area contributed by atoms with E-state index in [2.05, 4.69) is 11.9 Å². The van der Waals surface area contributed by atoms with Crippen molar-refractivity contribution in [1.82, 2.24) is 9.80 Å². The summed E-state index contributed by atoms with van der Waals surface area (Å²) in [4.78, 5) is 16.5. The normalized spacial score (nSPS) is 23.3. The molecule has 2 heterocycles. The Hall–Kier alpha value is -1.33. The van der Waals surface area contributed by atoms with Crippen LogP contribution in [0, 0.1) is 5.92 Å². The SMILES string of the molecule is CN(CC1CC1)C[C@@H]1CN(C(=O)c2ccoc2)CCO1. The highest BCUT2D eigenvalue weighted by atomic mass is 16.5. The van der Waals surface area contributed by atoms with E-state index in [-0.39, 0.29) is 12.0 Å². The third-order valence-electron chi connectivity index (χ3n) is 3.98. The second-order valence-corrected chi connectivity index (χ2v) is 5.92. The number of nitrogens with zero attached hydrogens (tertiary/aromatic N) is 2. The second-order valence-electron chi connectivity index (χ2n) is 5.92. The van der Waals surface area contributed by atoms with Crippen LogP contribution in [0.15, 0.2) is 23.0 Å². The highest BCUT2D eigenvalue weighted by molar-refractivity contribution is 5.93. The van der Waals surface area contributed by atoms with E-state index in [4.69, 9.17) is 9.15 Å². The number of rotatable bonds is 5. The Kier molecular flexibility index (Phi) is 4.08. The van der Waals surface area contributed by atoms with Crippen molar-refractivity contribution in [2.45, 2.75) is 18.9 Å². The third-order valence-corrected chi connectivity index (χ3v) is 3.98. The van der Waals surface area contributed by atoms with Gasteiger partial charge in [0.15, 0.2) is 0 Å². The van der Waals surface area contributed by atoms with Gasteiger partial charge in [-0.2, -0.15) is 0 Å². The van der Waals surface area contributed by atoms with Gasteiger partial charge in [-0.15, -0.1) is 0 Å². The van der Waals surface area contributed by atoms with Crippen LogP contribution in [0.1, 0.15) is 23.2 Å². The van der Waals surface area contributed by atoms with Crippen molar-refractivity contribution in [3.8, 4) is 0 Å². The Morgan fingerprint density at radius 3 is 3.00 bits per heavy atom.